The first-order valence-corrected chi connectivity index (χ1v) is 9.46. The van der Waals surface area contributed by atoms with Crippen LogP contribution in [0.15, 0.2) is 41.8 Å². The third-order valence-electron chi connectivity index (χ3n) is 4.01. The molecule has 2 rings (SSSR count). The molecule has 3 nitrogen and oxygen atoms in total. The van der Waals surface area contributed by atoms with Crippen molar-refractivity contribution in [2.75, 3.05) is 0 Å². The van der Waals surface area contributed by atoms with Crippen molar-refractivity contribution in [1.29, 1.82) is 0 Å². The molecule has 0 radical (unpaired) electrons. The minimum absolute atomic E-state index is 0.0270. The number of benzene rings is 1. The number of thiophene rings is 1. The van der Waals surface area contributed by atoms with Crippen LogP contribution < -0.4 is 10.6 Å². The normalized spacial score (nSPS) is 14.0. The van der Waals surface area contributed by atoms with Gasteiger partial charge in [0.15, 0.2) is 0 Å². The van der Waals surface area contributed by atoms with Crippen molar-refractivity contribution in [3.05, 3.63) is 57.8 Å². The fourth-order valence-electron chi connectivity index (χ4n) is 2.61. The Morgan fingerprint density at radius 3 is 2.08 bits per heavy atom. The highest BCUT2D eigenvalue weighted by molar-refractivity contribution is 7.10. The van der Waals surface area contributed by atoms with Crippen LogP contribution in [0.2, 0.25) is 0 Å². The van der Waals surface area contributed by atoms with Crippen molar-refractivity contribution in [2.24, 2.45) is 0 Å². The number of carbonyl (C=O) groups is 1. The average Bonchev–Trinajstić information content (AvgIpc) is 3.06. The summed E-state index contributed by atoms with van der Waals surface area (Å²) < 4.78 is 0. The molecule has 2 aromatic rings. The maximum Gasteiger partial charge on any atom is 0.237 e. The molecular formula is C20H28N2OS. The molecule has 0 aliphatic rings. The second kappa shape index (κ2) is 8.45. The zero-order chi connectivity index (χ0) is 17.7. The largest absolute Gasteiger partial charge is 0.353 e. The van der Waals surface area contributed by atoms with Crippen molar-refractivity contribution in [2.45, 2.75) is 58.7 Å². The van der Waals surface area contributed by atoms with Gasteiger partial charge in [-0.1, -0.05) is 44.2 Å². The van der Waals surface area contributed by atoms with Crippen LogP contribution in [0, 0.1) is 0 Å². The summed E-state index contributed by atoms with van der Waals surface area (Å²) in [5.41, 5.74) is 2.51. The molecule has 1 heterocycles. The maximum atomic E-state index is 12.3. The smallest absolute Gasteiger partial charge is 0.237 e. The predicted molar refractivity (Wildman–Crippen MR) is 103 cm³/mol. The fourth-order valence-corrected chi connectivity index (χ4v) is 3.42. The molecule has 0 aliphatic heterocycles. The lowest BCUT2D eigenvalue weighted by molar-refractivity contribution is -0.123. The highest BCUT2D eigenvalue weighted by Gasteiger charge is 2.21. The summed E-state index contributed by atoms with van der Waals surface area (Å²) in [6, 6.07) is 12.8. The standard InChI is InChI=1S/C20H28N2OS/c1-13(2)16-8-10-17(11-9-16)19(18-7-6-12-24-18)22-15(5)20(23)21-14(3)4/h6-15,19,22H,1-5H3,(H,21,23)/t15-,19-/m1/s1. The number of nitrogens with one attached hydrogen (secondary N) is 2. The lowest BCUT2D eigenvalue weighted by atomic mass is 9.98. The third kappa shape index (κ3) is 4.92. The van der Waals surface area contributed by atoms with Gasteiger partial charge in [0, 0.05) is 10.9 Å². The molecule has 2 N–H and O–H groups in total. The van der Waals surface area contributed by atoms with Crippen molar-refractivity contribution in [1.82, 2.24) is 10.6 Å². The number of amides is 1. The highest BCUT2D eigenvalue weighted by Crippen LogP contribution is 2.28. The molecule has 130 valence electrons. The molecule has 0 bridgehead atoms. The third-order valence-corrected chi connectivity index (χ3v) is 4.94. The molecule has 4 heteroatoms. The van der Waals surface area contributed by atoms with E-state index in [1.807, 2.05) is 20.8 Å². The van der Waals surface area contributed by atoms with Gasteiger partial charge in [0.05, 0.1) is 12.1 Å². The van der Waals surface area contributed by atoms with Crippen LogP contribution in [0.5, 0.6) is 0 Å². The molecule has 1 aromatic carbocycles. The number of carbonyl (C=O) groups excluding carboxylic acids is 1. The summed E-state index contributed by atoms with van der Waals surface area (Å²) in [7, 11) is 0. The van der Waals surface area contributed by atoms with Gasteiger partial charge in [-0.25, -0.2) is 0 Å². The number of hydrogen-bond acceptors (Lipinski definition) is 3. The summed E-state index contributed by atoms with van der Waals surface area (Å²) in [5.74, 6) is 0.549. The summed E-state index contributed by atoms with van der Waals surface area (Å²) in [6.07, 6.45) is 0. The second-order valence-corrected chi connectivity index (χ2v) is 7.80. The quantitative estimate of drug-likeness (QED) is 0.778. The van der Waals surface area contributed by atoms with Crippen LogP contribution in [0.3, 0.4) is 0 Å². The Balaban J connectivity index is 2.21. The summed E-state index contributed by atoms with van der Waals surface area (Å²) in [6.45, 7) is 10.3. The van der Waals surface area contributed by atoms with Crippen molar-refractivity contribution < 1.29 is 4.79 Å². The van der Waals surface area contributed by atoms with E-state index in [4.69, 9.17) is 0 Å². The molecule has 0 unspecified atom stereocenters. The van der Waals surface area contributed by atoms with E-state index < -0.39 is 0 Å². The molecule has 0 saturated carbocycles. The van der Waals surface area contributed by atoms with Gasteiger partial charge in [0.1, 0.15) is 0 Å². The summed E-state index contributed by atoms with van der Waals surface area (Å²) in [4.78, 5) is 13.5. The lowest BCUT2D eigenvalue weighted by Crippen LogP contribution is -2.45. The average molecular weight is 345 g/mol. The van der Waals surface area contributed by atoms with Crippen LogP contribution in [0.25, 0.3) is 0 Å². The monoisotopic (exact) mass is 344 g/mol. The van der Waals surface area contributed by atoms with Gasteiger partial charge in [0.25, 0.3) is 0 Å². The Labute approximate surface area is 149 Å². The van der Waals surface area contributed by atoms with Gasteiger partial charge < -0.3 is 5.32 Å². The molecule has 24 heavy (non-hydrogen) atoms. The molecule has 0 saturated heterocycles. The molecule has 1 aromatic heterocycles. The zero-order valence-electron chi connectivity index (χ0n) is 15.2. The first-order chi connectivity index (χ1) is 11.4. The van der Waals surface area contributed by atoms with E-state index in [-0.39, 0.29) is 24.0 Å². The predicted octanol–water partition coefficient (Wildman–Crippen LogP) is 4.46. The van der Waals surface area contributed by atoms with Gasteiger partial charge in [-0.15, -0.1) is 11.3 Å². The van der Waals surface area contributed by atoms with E-state index in [9.17, 15) is 4.79 Å². The van der Waals surface area contributed by atoms with Gasteiger partial charge >= 0.3 is 0 Å². The minimum Gasteiger partial charge on any atom is -0.353 e. The van der Waals surface area contributed by atoms with Gasteiger partial charge in [-0.3, -0.25) is 10.1 Å². The topological polar surface area (TPSA) is 41.1 Å². The SMILES string of the molecule is CC(C)NC(=O)[C@@H](C)N[C@H](c1ccc(C(C)C)cc1)c1cccs1. The van der Waals surface area contributed by atoms with Crippen LogP contribution in [0.1, 0.15) is 62.6 Å². The molecule has 1 amide bonds. The first-order valence-electron chi connectivity index (χ1n) is 8.58. The van der Waals surface area contributed by atoms with E-state index in [0.717, 1.165) is 0 Å². The van der Waals surface area contributed by atoms with E-state index in [1.165, 1.54) is 16.0 Å². The zero-order valence-corrected chi connectivity index (χ0v) is 16.0. The Morgan fingerprint density at radius 2 is 1.58 bits per heavy atom. The Morgan fingerprint density at radius 1 is 0.958 bits per heavy atom. The molecule has 2 atom stereocenters. The molecule has 0 aliphatic carbocycles. The maximum absolute atomic E-state index is 12.3. The summed E-state index contributed by atoms with van der Waals surface area (Å²) >= 11 is 1.71. The van der Waals surface area contributed by atoms with Crippen LogP contribution in [-0.4, -0.2) is 18.0 Å². The van der Waals surface area contributed by atoms with E-state index in [2.05, 4.69) is 66.3 Å². The van der Waals surface area contributed by atoms with E-state index in [0.29, 0.717) is 5.92 Å². The van der Waals surface area contributed by atoms with Gasteiger partial charge in [-0.05, 0) is 49.3 Å². The van der Waals surface area contributed by atoms with Crippen molar-refractivity contribution in [3.63, 3.8) is 0 Å². The Bertz CT molecular complexity index is 632. The number of rotatable bonds is 7. The van der Waals surface area contributed by atoms with Crippen molar-refractivity contribution in [3.8, 4) is 0 Å². The summed E-state index contributed by atoms with van der Waals surface area (Å²) in [5, 5.41) is 8.53. The van der Waals surface area contributed by atoms with Crippen molar-refractivity contribution >= 4 is 17.2 Å². The molecule has 0 spiro atoms. The Hall–Kier alpha value is -1.65. The number of hydrogen-bond donors (Lipinski definition) is 2. The van der Waals surface area contributed by atoms with E-state index >= 15 is 0 Å². The molecule has 0 fully saturated rings. The lowest BCUT2D eigenvalue weighted by Gasteiger charge is -2.24. The van der Waals surface area contributed by atoms with Gasteiger partial charge in [-0.2, -0.15) is 0 Å². The highest BCUT2D eigenvalue weighted by atomic mass is 32.1. The van der Waals surface area contributed by atoms with Gasteiger partial charge in [0.2, 0.25) is 5.91 Å². The van der Waals surface area contributed by atoms with E-state index in [1.54, 1.807) is 11.3 Å². The van der Waals surface area contributed by atoms with Crippen LogP contribution in [0.4, 0.5) is 0 Å². The second-order valence-electron chi connectivity index (χ2n) is 6.82. The first kappa shape index (κ1) is 18.7. The van der Waals surface area contributed by atoms with Crippen LogP contribution in [-0.2, 0) is 4.79 Å². The molecular weight excluding hydrogens is 316 g/mol. The minimum atomic E-state index is -0.260. The Kier molecular flexibility index (Phi) is 6.58. The van der Waals surface area contributed by atoms with Crippen LogP contribution >= 0.6 is 11.3 Å². The fraction of sp³-hybridized carbons (Fsp3) is 0.450.